The molecule has 4 nitrogen and oxygen atoms in total. The number of benzene rings is 1. The SMILES string of the molecule is CCc1ccsc1CNCc1ccccc1[N+](=O)[O-]. The highest BCUT2D eigenvalue weighted by Crippen LogP contribution is 2.19. The Bertz CT molecular complexity index is 566. The molecule has 0 amide bonds. The third-order valence-electron chi connectivity index (χ3n) is 3.01. The first-order valence-corrected chi connectivity index (χ1v) is 7.08. The predicted octanol–water partition coefficient (Wildman–Crippen LogP) is 3.51. The zero-order valence-corrected chi connectivity index (χ0v) is 11.6. The lowest BCUT2D eigenvalue weighted by Crippen LogP contribution is -2.13. The topological polar surface area (TPSA) is 55.2 Å². The largest absolute Gasteiger partial charge is 0.308 e. The highest BCUT2D eigenvalue weighted by Gasteiger charge is 2.11. The summed E-state index contributed by atoms with van der Waals surface area (Å²) in [4.78, 5) is 11.9. The first kappa shape index (κ1) is 13.7. The van der Waals surface area contributed by atoms with Gasteiger partial charge in [0.15, 0.2) is 0 Å². The third-order valence-corrected chi connectivity index (χ3v) is 3.97. The lowest BCUT2D eigenvalue weighted by molar-refractivity contribution is -0.385. The van der Waals surface area contributed by atoms with Crippen LogP contribution in [0.4, 0.5) is 5.69 Å². The van der Waals surface area contributed by atoms with Gasteiger partial charge in [0.05, 0.1) is 4.92 Å². The van der Waals surface area contributed by atoms with Crippen molar-refractivity contribution in [2.45, 2.75) is 26.4 Å². The predicted molar refractivity (Wildman–Crippen MR) is 77.3 cm³/mol. The van der Waals surface area contributed by atoms with E-state index in [4.69, 9.17) is 0 Å². The maximum atomic E-state index is 10.9. The highest BCUT2D eigenvalue weighted by atomic mass is 32.1. The molecule has 0 fully saturated rings. The van der Waals surface area contributed by atoms with Crippen LogP contribution in [0.2, 0.25) is 0 Å². The van der Waals surface area contributed by atoms with Crippen molar-refractivity contribution in [2.75, 3.05) is 0 Å². The van der Waals surface area contributed by atoms with E-state index in [1.165, 1.54) is 10.4 Å². The molecule has 1 aromatic carbocycles. The number of aryl methyl sites for hydroxylation is 1. The van der Waals surface area contributed by atoms with E-state index in [1.807, 2.05) is 6.07 Å². The Kier molecular flexibility index (Phi) is 4.65. The molecule has 5 heteroatoms. The molecule has 19 heavy (non-hydrogen) atoms. The van der Waals surface area contributed by atoms with Crippen molar-refractivity contribution in [2.24, 2.45) is 0 Å². The Morgan fingerprint density at radius 3 is 2.74 bits per heavy atom. The van der Waals surface area contributed by atoms with Crippen LogP contribution >= 0.6 is 11.3 Å². The van der Waals surface area contributed by atoms with Crippen molar-refractivity contribution in [1.29, 1.82) is 0 Å². The van der Waals surface area contributed by atoms with Gasteiger partial charge in [0.1, 0.15) is 0 Å². The van der Waals surface area contributed by atoms with Gasteiger partial charge in [-0.3, -0.25) is 10.1 Å². The second kappa shape index (κ2) is 6.45. The Labute approximate surface area is 116 Å². The number of nitrogens with one attached hydrogen (secondary N) is 1. The summed E-state index contributed by atoms with van der Waals surface area (Å²) in [5.74, 6) is 0. The van der Waals surface area contributed by atoms with Crippen LogP contribution in [0.25, 0.3) is 0 Å². The fourth-order valence-corrected chi connectivity index (χ4v) is 2.93. The zero-order valence-electron chi connectivity index (χ0n) is 10.8. The number of nitrogens with zero attached hydrogens (tertiary/aromatic N) is 1. The maximum Gasteiger partial charge on any atom is 0.273 e. The molecule has 0 saturated heterocycles. The lowest BCUT2D eigenvalue weighted by atomic mass is 10.1. The van der Waals surface area contributed by atoms with E-state index in [1.54, 1.807) is 29.5 Å². The number of thiophene rings is 1. The van der Waals surface area contributed by atoms with Crippen LogP contribution in [0.15, 0.2) is 35.7 Å². The van der Waals surface area contributed by atoms with Crippen LogP contribution in [-0.2, 0) is 19.5 Å². The molecule has 2 aromatic rings. The number of nitro groups is 1. The minimum absolute atomic E-state index is 0.178. The van der Waals surface area contributed by atoms with Crippen LogP contribution in [-0.4, -0.2) is 4.92 Å². The van der Waals surface area contributed by atoms with Crippen molar-refractivity contribution in [1.82, 2.24) is 5.32 Å². The number of rotatable bonds is 6. The quantitative estimate of drug-likeness (QED) is 0.649. The first-order chi connectivity index (χ1) is 9.22. The molecule has 0 aliphatic rings. The number of nitro benzene ring substituents is 1. The molecule has 0 radical (unpaired) electrons. The molecular formula is C14H16N2O2S. The summed E-state index contributed by atoms with van der Waals surface area (Å²) in [6, 6.07) is 8.98. The molecule has 0 saturated carbocycles. The van der Waals surface area contributed by atoms with Crippen LogP contribution in [0.5, 0.6) is 0 Å². The standard InChI is InChI=1S/C14H16N2O2S/c1-2-11-7-8-19-14(11)10-15-9-12-5-3-4-6-13(12)16(17)18/h3-8,15H,2,9-10H2,1H3. The van der Waals surface area contributed by atoms with Gasteiger partial charge >= 0.3 is 0 Å². The Hall–Kier alpha value is -1.72. The summed E-state index contributed by atoms with van der Waals surface area (Å²) < 4.78 is 0. The smallest absolute Gasteiger partial charge is 0.273 e. The normalized spacial score (nSPS) is 10.6. The minimum Gasteiger partial charge on any atom is -0.308 e. The third kappa shape index (κ3) is 3.39. The van der Waals surface area contributed by atoms with Gasteiger partial charge in [-0.25, -0.2) is 0 Å². The van der Waals surface area contributed by atoms with Gasteiger partial charge in [0.25, 0.3) is 5.69 Å². The Morgan fingerprint density at radius 2 is 2.00 bits per heavy atom. The van der Waals surface area contributed by atoms with Crippen molar-refractivity contribution in [3.63, 3.8) is 0 Å². The summed E-state index contributed by atoms with van der Waals surface area (Å²) in [5.41, 5.74) is 2.25. The van der Waals surface area contributed by atoms with Gasteiger partial charge in [-0.2, -0.15) is 0 Å². The molecule has 2 rings (SSSR count). The van der Waals surface area contributed by atoms with Gasteiger partial charge in [0, 0.05) is 29.6 Å². The van der Waals surface area contributed by atoms with E-state index in [2.05, 4.69) is 23.7 Å². The molecular weight excluding hydrogens is 260 g/mol. The fourth-order valence-electron chi connectivity index (χ4n) is 1.99. The second-order valence-electron chi connectivity index (χ2n) is 4.21. The van der Waals surface area contributed by atoms with Gasteiger partial charge in [-0.05, 0) is 23.4 Å². The molecule has 0 atom stereocenters. The minimum atomic E-state index is -0.334. The molecule has 1 heterocycles. The molecule has 0 spiro atoms. The van der Waals surface area contributed by atoms with Crippen molar-refractivity contribution < 1.29 is 4.92 Å². The molecule has 0 unspecified atom stereocenters. The zero-order chi connectivity index (χ0) is 13.7. The van der Waals surface area contributed by atoms with Crippen molar-refractivity contribution in [3.8, 4) is 0 Å². The maximum absolute atomic E-state index is 10.9. The van der Waals surface area contributed by atoms with Gasteiger partial charge < -0.3 is 5.32 Å². The highest BCUT2D eigenvalue weighted by molar-refractivity contribution is 7.10. The number of hydrogen-bond donors (Lipinski definition) is 1. The average Bonchev–Trinajstić information content (AvgIpc) is 2.86. The molecule has 0 aliphatic carbocycles. The van der Waals surface area contributed by atoms with Gasteiger partial charge in [0.2, 0.25) is 0 Å². The second-order valence-corrected chi connectivity index (χ2v) is 5.21. The number of hydrogen-bond acceptors (Lipinski definition) is 4. The first-order valence-electron chi connectivity index (χ1n) is 6.20. The van der Waals surface area contributed by atoms with Crippen LogP contribution in [0, 0.1) is 10.1 Å². The van der Waals surface area contributed by atoms with Crippen molar-refractivity contribution in [3.05, 3.63) is 61.8 Å². The molecule has 0 aliphatic heterocycles. The van der Waals surface area contributed by atoms with Crippen LogP contribution in [0.1, 0.15) is 22.9 Å². The van der Waals surface area contributed by atoms with Crippen LogP contribution < -0.4 is 5.32 Å². The monoisotopic (exact) mass is 276 g/mol. The Balaban J connectivity index is 1.98. The summed E-state index contributed by atoms with van der Waals surface area (Å²) in [6.07, 6.45) is 1.02. The van der Waals surface area contributed by atoms with Gasteiger partial charge in [-0.15, -0.1) is 11.3 Å². The molecule has 1 aromatic heterocycles. The lowest BCUT2D eigenvalue weighted by Gasteiger charge is -2.06. The molecule has 100 valence electrons. The van der Waals surface area contributed by atoms with E-state index in [-0.39, 0.29) is 10.6 Å². The average molecular weight is 276 g/mol. The number of para-hydroxylation sites is 1. The summed E-state index contributed by atoms with van der Waals surface area (Å²) >= 11 is 1.72. The summed E-state index contributed by atoms with van der Waals surface area (Å²) in [5, 5.41) is 16.3. The molecule has 1 N–H and O–H groups in total. The van der Waals surface area contributed by atoms with E-state index in [9.17, 15) is 10.1 Å². The van der Waals surface area contributed by atoms with E-state index in [0.29, 0.717) is 6.54 Å². The summed E-state index contributed by atoms with van der Waals surface area (Å²) in [7, 11) is 0. The Morgan fingerprint density at radius 1 is 1.21 bits per heavy atom. The molecule has 0 bridgehead atoms. The van der Waals surface area contributed by atoms with Crippen molar-refractivity contribution >= 4 is 17.0 Å². The fraction of sp³-hybridized carbons (Fsp3) is 0.286. The van der Waals surface area contributed by atoms with Crippen LogP contribution in [0.3, 0.4) is 0 Å². The van der Waals surface area contributed by atoms with Gasteiger partial charge in [-0.1, -0.05) is 25.1 Å². The summed E-state index contributed by atoms with van der Waals surface area (Å²) in [6.45, 7) is 3.40. The van der Waals surface area contributed by atoms with E-state index >= 15 is 0 Å². The van der Waals surface area contributed by atoms with E-state index < -0.39 is 0 Å². The van der Waals surface area contributed by atoms with E-state index in [0.717, 1.165) is 18.5 Å².